The van der Waals surface area contributed by atoms with Gasteiger partial charge in [-0.2, -0.15) is 0 Å². The number of benzene rings is 1. The summed E-state index contributed by atoms with van der Waals surface area (Å²) in [7, 11) is 1.47. The molecule has 0 unspecified atom stereocenters. The van der Waals surface area contributed by atoms with Crippen LogP contribution in [0.1, 0.15) is 85.3 Å². The van der Waals surface area contributed by atoms with Gasteiger partial charge in [0.15, 0.2) is 11.5 Å². The van der Waals surface area contributed by atoms with Gasteiger partial charge < -0.3 is 19.7 Å². The van der Waals surface area contributed by atoms with Crippen LogP contribution in [0.5, 0.6) is 23.0 Å². The first-order valence-electron chi connectivity index (χ1n) is 10.1. The Bertz CT molecular complexity index is 616. The van der Waals surface area contributed by atoms with Crippen molar-refractivity contribution < 1.29 is 19.7 Å². The third kappa shape index (κ3) is 6.37. The maximum absolute atomic E-state index is 10.9. The lowest BCUT2D eigenvalue weighted by Crippen LogP contribution is -2.17. The molecule has 4 heteroatoms. The summed E-state index contributed by atoms with van der Waals surface area (Å²) in [5, 5.41) is 21.5. The van der Waals surface area contributed by atoms with E-state index in [-0.39, 0.29) is 23.0 Å². The maximum atomic E-state index is 10.9. The number of hydrogen-bond acceptors (Lipinski definition) is 4. The molecule has 0 aromatic heterocycles. The van der Waals surface area contributed by atoms with E-state index in [4.69, 9.17) is 9.47 Å². The molecule has 0 aliphatic rings. The minimum atomic E-state index is -0.444. The van der Waals surface area contributed by atoms with Gasteiger partial charge in [-0.15, -0.1) is 0 Å². The molecule has 0 saturated heterocycles. The molecule has 0 fully saturated rings. The van der Waals surface area contributed by atoms with Gasteiger partial charge in [-0.1, -0.05) is 66.0 Å². The Balaban J connectivity index is 0.00000326. The van der Waals surface area contributed by atoms with Crippen molar-refractivity contribution in [3.05, 3.63) is 22.8 Å². The quantitative estimate of drug-likeness (QED) is 0.286. The van der Waals surface area contributed by atoms with Crippen LogP contribution >= 0.6 is 0 Å². The van der Waals surface area contributed by atoms with Crippen molar-refractivity contribution in [2.45, 2.75) is 86.5 Å². The molecular formula is C23H40O4. The predicted molar refractivity (Wildman–Crippen MR) is 115 cm³/mol. The molecule has 156 valence electrons. The summed E-state index contributed by atoms with van der Waals surface area (Å²) < 4.78 is 11.1. The highest BCUT2D eigenvalue weighted by molar-refractivity contribution is 5.68. The minimum Gasteiger partial charge on any atom is -0.504 e. The number of unbranched alkanes of at least 4 members (excludes halogenated alkanes) is 1. The van der Waals surface area contributed by atoms with Gasteiger partial charge in [-0.3, -0.25) is 0 Å². The monoisotopic (exact) mass is 380 g/mol. The molecule has 0 amide bonds. The molecule has 0 atom stereocenters. The molecule has 0 bridgehead atoms. The van der Waals surface area contributed by atoms with Crippen molar-refractivity contribution in [1.29, 1.82) is 0 Å². The zero-order valence-electron chi connectivity index (χ0n) is 18.8. The second-order valence-corrected chi connectivity index (χ2v) is 7.22. The first-order valence-corrected chi connectivity index (χ1v) is 10.1. The third-order valence-electron chi connectivity index (χ3n) is 4.45. The SMILES string of the molecule is CC.CCCCOc1c(O)c(C(C)(C)/C=C(\C)CCC)c(C)c(O)c1OC. The topological polar surface area (TPSA) is 58.9 Å². The largest absolute Gasteiger partial charge is 0.504 e. The molecule has 2 N–H and O–H groups in total. The van der Waals surface area contributed by atoms with Gasteiger partial charge in [-0.25, -0.2) is 0 Å². The fourth-order valence-electron chi connectivity index (χ4n) is 3.38. The first kappa shape index (κ1) is 25.2. The van der Waals surface area contributed by atoms with Crippen LogP contribution < -0.4 is 9.47 Å². The van der Waals surface area contributed by atoms with Crippen LogP contribution in [0.4, 0.5) is 0 Å². The van der Waals surface area contributed by atoms with Crippen LogP contribution in [0, 0.1) is 6.92 Å². The van der Waals surface area contributed by atoms with Crippen molar-refractivity contribution >= 4 is 0 Å². The lowest BCUT2D eigenvalue weighted by atomic mass is 9.79. The Morgan fingerprint density at radius 3 is 2.11 bits per heavy atom. The van der Waals surface area contributed by atoms with Crippen LogP contribution in [0.2, 0.25) is 0 Å². The second-order valence-electron chi connectivity index (χ2n) is 7.22. The summed E-state index contributed by atoms with van der Waals surface area (Å²) in [5.41, 5.74) is 2.10. The van der Waals surface area contributed by atoms with E-state index in [0.717, 1.165) is 25.7 Å². The molecule has 1 aromatic carbocycles. The standard InChI is InChI=1S/C21H34O4.C2H6/c1-8-10-12-25-20-18(23)16(15(4)17(22)19(20)24-7)21(5,6)13-14(3)11-9-2;1-2/h13,22-23H,8-12H2,1-7H3;1-2H3/b14-13+;. The van der Waals surface area contributed by atoms with E-state index in [1.54, 1.807) is 6.92 Å². The van der Waals surface area contributed by atoms with Gasteiger partial charge >= 0.3 is 0 Å². The van der Waals surface area contributed by atoms with Crippen LogP contribution in [0.25, 0.3) is 0 Å². The van der Waals surface area contributed by atoms with Crippen LogP contribution in [0.15, 0.2) is 11.6 Å². The van der Waals surface area contributed by atoms with Crippen LogP contribution in [-0.4, -0.2) is 23.9 Å². The number of aromatic hydroxyl groups is 2. The molecule has 0 radical (unpaired) electrons. The lowest BCUT2D eigenvalue weighted by molar-refractivity contribution is 0.264. The number of phenolic OH excluding ortho intramolecular Hbond substituents is 2. The van der Waals surface area contributed by atoms with Crippen molar-refractivity contribution in [3.63, 3.8) is 0 Å². The molecule has 0 heterocycles. The normalized spacial score (nSPS) is 11.7. The van der Waals surface area contributed by atoms with Gasteiger partial charge in [0.25, 0.3) is 0 Å². The molecule has 1 aromatic rings. The lowest BCUT2D eigenvalue weighted by Gasteiger charge is -2.28. The van der Waals surface area contributed by atoms with Crippen LogP contribution in [0.3, 0.4) is 0 Å². The van der Waals surface area contributed by atoms with E-state index >= 15 is 0 Å². The number of allylic oxidation sites excluding steroid dienone is 2. The van der Waals surface area contributed by atoms with Crippen molar-refractivity contribution in [2.75, 3.05) is 13.7 Å². The molecule has 1 rings (SSSR count). The highest BCUT2D eigenvalue weighted by atomic mass is 16.5. The summed E-state index contributed by atoms with van der Waals surface area (Å²) in [6.45, 7) is 16.7. The summed E-state index contributed by atoms with van der Waals surface area (Å²) in [6.07, 6.45) is 6.08. The number of methoxy groups -OCH3 is 1. The number of rotatable bonds is 9. The highest BCUT2D eigenvalue weighted by Crippen LogP contribution is 2.52. The number of ether oxygens (including phenoxy) is 2. The zero-order valence-corrected chi connectivity index (χ0v) is 18.8. The van der Waals surface area contributed by atoms with Gasteiger partial charge in [0, 0.05) is 16.5 Å². The minimum absolute atomic E-state index is 0.0245. The summed E-state index contributed by atoms with van der Waals surface area (Å²) in [6, 6.07) is 0. The molecule has 0 spiro atoms. The van der Waals surface area contributed by atoms with Gasteiger partial charge in [-0.05, 0) is 26.7 Å². The van der Waals surface area contributed by atoms with Crippen LogP contribution in [-0.2, 0) is 5.41 Å². The molecule has 0 aliphatic carbocycles. The van der Waals surface area contributed by atoms with Crippen molar-refractivity contribution in [2.24, 2.45) is 0 Å². The van der Waals surface area contributed by atoms with Gasteiger partial charge in [0.2, 0.25) is 11.5 Å². The highest BCUT2D eigenvalue weighted by Gasteiger charge is 2.31. The van der Waals surface area contributed by atoms with E-state index in [1.807, 2.05) is 27.7 Å². The fraction of sp³-hybridized carbons (Fsp3) is 0.652. The Morgan fingerprint density at radius 2 is 1.63 bits per heavy atom. The van der Waals surface area contributed by atoms with Crippen molar-refractivity contribution in [1.82, 2.24) is 0 Å². The summed E-state index contributed by atoms with van der Waals surface area (Å²) in [5.74, 6) is 0.494. The second kappa shape index (κ2) is 11.8. The Kier molecular flexibility index (Phi) is 11.0. The van der Waals surface area contributed by atoms with E-state index in [2.05, 4.69) is 26.8 Å². The van der Waals surface area contributed by atoms with E-state index < -0.39 is 5.41 Å². The van der Waals surface area contributed by atoms with Gasteiger partial charge in [0.1, 0.15) is 0 Å². The van der Waals surface area contributed by atoms with Crippen molar-refractivity contribution in [3.8, 4) is 23.0 Å². The third-order valence-corrected chi connectivity index (χ3v) is 4.45. The molecule has 27 heavy (non-hydrogen) atoms. The summed E-state index contributed by atoms with van der Waals surface area (Å²) in [4.78, 5) is 0. The molecular weight excluding hydrogens is 340 g/mol. The molecule has 0 saturated carbocycles. The Hall–Kier alpha value is -1.84. The van der Waals surface area contributed by atoms with Gasteiger partial charge in [0.05, 0.1) is 13.7 Å². The Morgan fingerprint density at radius 1 is 1.04 bits per heavy atom. The molecule has 0 aliphatic heterocycles. The maximum Gasteiger partial charge on any atom is 0.207 e. The first-order chi connectivity index (χ1) is 12.7. The fourth-order valence-corrected chi connectivity index (χ4v) is 3.38. The zero-order chi connectivity index (χ0) is 21.2. The molecule has 4 nitrogen and oxygen atoms in total. The Labute approximate surface area is 166 Å². The van der Waals surface area contributed by atoms with E-state index in [9.17, 15) is 10.2 Å². The average molecular weight is 381 g/mol. The van der Waals surface area contributed by atoms with E-state index in [1.165, 1.54) is 12.7 Å². The average Bonchev–Trinajstić information content (AvgIpc) is 2.61. The number of phenols is 2. The predicted octanol–water partition coefficient (Wildman–Crippen LogP) is 6.64. The number of hydrogen-bond donors (Lipinski definition) is 2. The smallest absolute Gasteiger partial charge is 0.207 e. The van der Waals surface area contributed by atoms with E-state index in [0.29, 0.717) is 17.7 Å². The summed E-state index contributed by atoms with van der Waals surface area (Å²) >= 11 is 0.